The molecule has 3 unspecified atom stereocenters. The maximum Gasteiger partial charge on any atom is 3.00 e. The van der Waals surface area contributed by atoms with E-state index in [0.717, 1.165) is 0 Å². The van der Waals surface area contributed by atoms with Gasteiger partial charge in [-0.3, -0.25) is 0 Å². The van der Waals surface area contributed by atoms with E-state index in [9.17, 15) is 59.4 Å². The summed E-state index contributed by atoms with van der Waals surface area (Å²) in [6.07, 6.45) is -8.67. The van der Waals surface area contributed by atoms with Crippen LogP contribution in [0.25, 0.3) is 0 Å². The zero-order chi connectivity index (χ0) is 22.3. The van der Waals surface area contributed by atoms with Crippen LogP contribution in [0.3, 0.4) is 0 Å². The van der Waals surface area contributed by atoms with Crippen LogP contribution in [0.15, 0.2) is 0 Å². The summed E-state index contributed by atoms with van der Waals surface area (Å²) in [6, 6.07) is 0. The third-order valence-corrected chi connectivity index (χ3v) is 1.90. The maximum absolute atomic E-state index is 9.58. The summed E-state index contributed by atoms with van der Waals surface area (Å²) in [5.41, 5.74) is 0. The van der Waals surface area contributed by atoms with Crippen molar-refractivity contribution in [3.63, 3.8) is 0 Å². The zero-order valence-electron chi connectivity index (χ0n) is 14.1. The molecule has 158 valence electrons. The molecule has 0 aromatic heterocycles. The van der Waals surface area contributed by atoms with Crippen LogP contribution < -0.4 is 30.6 Å². The van der Waals surface area contributed by atoms with E-state index < -0.39 is 73.4 Å². The van der Waals surface area contributed by atoms with Crippen molar-refractivity contribution in [3.8, 4) is 0 Å². The van der Waals surface area contributed by atoms with Crippen molar-refractivity contribution in [1.29, 1.82) is 0 Å². The third kappa shape index (κ3) is 32.3. The monoisotopic (exact) mass is 676 g/mol. The first-order valence-corrected chi connectivity index (χ1v) is 6.38. The number of aliphatic hydroxyl groups excluding tert-OH is 3. The summed E-state index contributed by atoms with van der Waals surface area (Å²) in [4.78, 5) is 57.4. The average Bonchev–Trinajstić information content (AvgIpc) is 2.46. The fraction of sp³-hybridized carbons (Fsp3) is 0.500. The Morgan fingerprint density at radius 2 is 0.621 bits per heavy atom. The van der Waals surface area contributed by atoms with Gasteiger partial charge >= 0.3 is 83.5 Å². The van der Waals surface area contributed by atoms with Gasteiger partial charge in [0.15, 0.2) is 0 Å². The van der Waals surface area contributed by atoms with Crippen molar-refractivity contribution in [2.24, 2.45) is 0 Å². The van der Waals surface area contributed by atoms with Crippen LogP contribution in [0, 0.1) is 83.5 Å². The Bertz CT molecular complexity index is 473. The van der Waals surface area contributed by atoms with Crippen molar-refractivity contribution in [1.82, 2.24) is 0 Å². The summed E-state index contributed by atoms with van der Waals surface area (Å²) >= 11 is 0. The van der Waals surface area contributed by atoms with Crippen molar-refractivity contribution < 1.29 is 158 Å². The van der Waals surface area contributed by atoms with Gasteiger partial charge in [-0.25, -0.2) is 0 Å². The van der Waals surface area contributed by atoms with Crippen molar-refractivity contribution in [2.75, 3.05) is 0 Å². The van der Waals surface area contributed by atoms with E-state index in [0.29, 0.717) is 0 Å². The first-order chi connectivity index (χ1) is 12.1. The molecule has 17 heteroatoms. The first kappa shape index (κ1) is 39.0. The predicted octanol–water partition coefficient (Wildman–Crippen LogP) is -11.3. The molecule has 3 atom stereocenters. The average molecular weight is 676 g/mol. The van der Waals surface area contributed by atoms with Gasteiger partial charge < -0.3 is 74.7 Å². The molecule has 0 aromatic carbocycles. The Balaban J connectivity index is -0.0000000960. The second-order valence-electron chi connectivity index (χ2n) is 4.23. The largest absolute Gasteiger partial charge is 3.00 e. The van der Waals surface area contributed by atoms with E-state index in [1.165, 1.54) is 0 Å². The summed E-state index contributed by atoms with van der Waals surface area (Å²) in [7, 11) is 0. The van der Waals surface area contributed by atoms with Crippen molar-refractivity contribution in [2.45, 2.75) is 37.6 Å². The molecule has 0 heterocycles. The first-order valence-electron chi connectivity index (χ1n) is 6.38. The number of aliphatic carboxylic acids is 6. The summed E-state index contributed by atoms with van der Waals surface area (Å²) < 4.78 is 0. The molecule has 0 aliphatic carbocycles. The number of rotatable bonds is 9. The van der Waals surface area contributed by atoms with E-state index >= 15 is 0 Å². The molecule has 0 aliphatic heterocycles. The number of carbonyl (C=O) groups is 6. The summed E-state index contributed by atoms with van der Waals surface area (Å²) in [5.74, 6) is -10.3. The van der Waals surface area contributed by atoms with Crippen LogP contribution in [-0.2, 0) is 28.8 Å². The van der Waals surface area contributed by atoms with Gasteiger partial charge in [0.1, 0.15) is 0 Å². The van der Waals surface area contributed by atoms with Gasteiger partial charge in [0.2, 0.25) is 0 Å². The van der Waals surface area contributed by atoms with E-state index in [2.05, 4.69) is 0 Å². The van der Waals surface area contributed by atoms with Crippen LogP contribution >= 0.6 is 0 Å². The summed E-state index contributed by atoms with van der Waals surface area (Å²) in [6.45, 7) is 0. The maximum atomic E-state index is 9.58. The number of aliphatic hydroxyl groups is 3. The Morgan fingerprint density at radius 3 is 0.655 bits per heavy atom. The second-order valence-corrected chi connectivity index (χ2v) is 4.23. The van der Waals surface area contributed by atoms with Gasteiger partial charge in [-0.1, -0.05) is 0 Å². The van der Waals surface area contributed by atoms with Crippen molar-refractivity contribution in [3.05, 3.63) is 0 Å². The van der Waals surface area contributed by atoms with Crippen LogP contribution in [0.1, 0.15) is 19.3 Å². The fourth-order valence-corrected chi connectivity index (χ4v) is 0.724. The molecule has 29 heavy (non-hydrogen) atoms. The minimum Gasteiger partial charge on any atom is -0.550 e. The Labute approximate surface area is 229 Å². The molecule has 15 nitrogen and oxygen atoms in total. The van der Waals surface area contributed by atoms with Crippen LogP contribution in [0.4, 0.5) is 0 Å². The molecule has 0 amide bonds. The van der Waals surface area contributed by atoms with E-state index in [1.807, 2.05) is 0 Å². The van der Waals surface area contributed by atoms with E-state index in [4.69, 9.17) is 15.3 Å². The normalized spacial score (nSPS) is 11.7. The molecular formula is C12H12Ce2O15. The number of hydrogen-bond donors (Lipinski definition) is 3. The Hall–Kier alpha value is -0.547. The predicted molar refractivity (Wildman–Crippen MR) is 61.9 cm³/mol. The number of carboxylic acid groups (broad SMARTS) is 6. The molecule has 2 radical (unpaired) electrons. The minimum atomic E-state index is -1.96. The standard InChI is InChI=1S/3C4H6O5.2Ce/c3*5-2(4(8)9)1-3(6)7;;/h3*2,5H,1H2,(H,6,7)(H,8,9);;/q;;;2*+3/p-6. The number of carboxylic acids is 6. The molecule has 0 aliphatic rings. The van der Waals surface area contributed by atoms with E-state index in [-0.39, 0.29) is 83.5 Å². The Morgan fingerprint density at radius 1 is 0.483 bits per heavy atom. The number of hydrogen-bond acceptors (Lipinski definition) is 15. The molecule has 0 bridgehead atoms. The van der Waals surface area contributed by atoms with Gasteiger partial charge in [0.05, 0.1) is 36.2 Å². The van der Waals surface area contributed by atoms with Crippen LogP contribution in [-0.4, -0.2) is 69.4 Å². The van der Waals surface area contributed by atoms with Crippen LogP contribution in [0.2, 0.25) is 0 Å². The molecule has 0 saturated carbocycles. The molecule has 0 aromatic rings. The third-order valence-electron chi connectivity index (χ3n) is 1.90. The molecule has 0 rings (SSSR count). The van der Waals surface area contributed by atoms with Gasteiger partial charge in [-0.05, 0) is 0 Å². The second kappa shape index (κ2) is 22.1. The Kier molecular flexibility index (Phi) is 29.8. The number of carbonyl (C=O) groups excluding carboxylic acids is 6. The molecule has 0 spiro atoms. The molecule has 0 fully saturated rings. The van der Waals surface area contributed by atoms with Crippen LogP contribution in [0.5, 0.6) is 0 Å². The fourth-order valence-electron chi connectivity index (χ4n) is 0.724. The smallest absolute Gasteiger partial charge is 0.550 e. The topological polar surface area (TPSA) is 301 Å². The van der Waals surface area contributed by atoms with Gasteiger partial charge in [0, 0.05) is 37.2 Å². The minimum absolute atomic E-state index is 0. The quantitative estimate of drug-likeness (QED) is 0.204. The zero-order valence-corrected chi connectivity index (χ0v) is 20.4. The van der Waals surface area contributed by atoms with E-state index in [1.54, 1.807) is 0 Å². The van der Waals surface area contributed by atoms with Gasteiger partial charge in [-0.15, -0.1) is 0 Å². The van der Waals surface area contributed by atoms with Gasteiger partial charge in [-0.2, -0.15) is 0 Å². The molecule has 3 N–H and O–H groups in total. The molecule has 0 saturated heterocycles. The summed E-state index contributed by atoms with van der Waals surface area (Å²) in [5, 5.41) is 82.0. The van der Waals surface area contributed by atoms with Crippen molar-refractivity contribution >= 4 is 35.8 Å². The molecular weight excluding hydrogens is 664 g/mol. The van der Waals surface area contributed by atoms with Gasteiger partial charge in [0.25, 0.3) is 0 Å². The SMILES string of the molecule is O=C([O-])CC(O)C(=O)[O-].O=C([O-])CC(O)C(=O)[O-].O=C([O-])CC(O)C(=O)[O-].[Ce+3].[Ce+3].